The van der Waals surface area contributed by atoms with E-state index in [2.05, 4.69) is 10.6 Å². The van der Waals surface area contributed by atoms with Gasteiger partial charge >= 0.3 is 0 Å². The van der Waals surface area contributed by atoms with Gasteiger partial charge in [-0.2, -0.15) is 0 Å². The maximum absolute atomic E-state index is 13.0. The lowest BCUT2D eigenvalue weighted by Gasteiger charge is -2.27. The number of imide groups is 2. The number of carbonyl (C=O) groups excluding carboxylic acids is 5. The van der Waals surface area contributed by atoms with Gasteiger partial charge < -0.3 is 5.32 Å². The molecule has 2 atom stereocenters. The molecule has 4 rings (SSSR count). The summed E-state index contributed by atoms with van der Waals surface area (Å²) in [5, 5.41) is 4.99. The molecule has 0 bridgehead atoms. The van der Waals surface area contributed by atoms with E-state index in [0.717, 1.165) is 11.3 Å². The number of rotatable bonds is 5. The quantitative estimate of drug-likeness (QED) is 0.713. The molecule has 0 saturated carbocycles. The van der Waals surface area contributed by atoms with Gasteiger partial charge in [-0.15, -0.1) is 0 Å². The summed E-state index contributed by atoms with van der Waals surface area (Å²) in [7, 11) is 0. The second kappa shape index (κ2) is 8.06. The molecule has 2 heterocycles. The Morgan fingerprint density at radius 3 is 2.70 bits per heavy atom. The number of nitrogens with one attached hydrogen (secondary N) is 2. The first-order valence-corrected chi connectivity index (χ1v) is 9.89. The Kier molecular flexibility index (Phi) is 5.31. The Hall–Kier alpha value is -3.55. The zero-order valence-corrected chi connectivity index (χ0v) is 16.2. The molecule has 0 spiro atoms. The summed E-state index contributed by atoms with van der Waals surface area (Å²) in [6.07, 6.45) is 9.17. The number of piperidine rings is 1. The van der Waals surface area contributed by atoms with E-state index in [-0.39, 0.29) is 42.3 Å². The van der Waals surface area contributed by atoms with Crippen LogP contribution in [0.2, 0.25) is 0 Å². The van der Waals surface area contributed by atoms with Gasteiger partial charge in [-0.3, -0.25) is 34.2 Å². The van der Waals surface area contributed by atoms with Crippen molar-refractivity contribution in [3.8, 4) is 0 Å². The molecule has 2 aliphatic heterocycles. The van der Waals surface area contributed by atoms with Crippen LogP contribution in [0.1, 0.15) is 52.0 Å². The monoisotopic (exact) mass is 407 g/mol. The van der Waals surface area contributed by atoms with Crippen LogP contribution in [0.3, 0.4) is 0 Å². The lowest BCUT2D eigenvalue weighted by Crippen LogP contribution is -2.54. The first-order chi connectivity index (χ1) is 14.5. The minimum atomic E-state index is -1.01. The molecule has 8 nitrogen and oxygen atoms in total. The molecule has 3 aliphatic rings. The van der Waals surface area contributed by atoms with Crippen molar-refractivity contribution >= 4 is 29.5 Å². The van der Waals surface area contributed by atoms with E-state index < -0.39 is 29.7 Å². The summed E-state index contributed by atoms with van der Waals surface area (Å²) in [6, 6.07) is 3.85. The van der Waals surface area contributed by atoms with Crippen LogP contribution >= 0.6 is 0 Å². The lowest BCUT2D eigenvalue weighted by atomic mass is 9.97. The Morgan fingerprint density at radius 1 is 1.13 bits per heavy atom. The SMILES string of the molecule is O=C(CC1C=CC=CC1)NCc1cccc2c1C(=O)N(C1CCC(=O)NC1=O)C2=O. The van der Waals surface area contributed by atoms with Crippen molar-refractivity contribution in [2.45, 2.75) is 38.3 Å². The highest BCUT2D eigenvalue weighted by Gasteiger charge is 2.45. The van der Waals surface area contributed by atoms with Gasteiger partial charge in [-0.1, -0.05) is 36.4 Å². The summed E-state index contributed by atoms with van der Waals surface area (Å²) < 4.78 is 0. The Balaban J connectivity index is 1.48. The first-order valence-electron chi connectivity index (χ1n) is 9.89. The molecule has 2 N–H and O–H groups in total. The van der Waals surface area contributed by atoms with Crippen molar-refractivity contribution < 1.29 is 24.0 Å². The first kappa shape index (κ1) is 19.8. The number of allylic oxidation sites excluding steroid dienone is 4. The molecule has 1 saturated heterocycles. The standard InChI is InChI=1S/C22H21N3O5/c26-17-10-9-16(20(28)24-17)25-21(29)15-8-4-7-14(19(15)22(25)30)12-23-18(27)11-13-5-2-1-3-6-13/h1-5,7-8,13,16H,6,9-12H2,(H,23,27)(H,24,26,28). The number of benzene rings is 1. The highest BCUT2D eigenvalue weighted by Crippen LogP contribution is 2.30. The molecule has 2 unspecified atom stereocenters. The molecular weight excluding hydrogens is 386 g/mol. The Labute approximate surface area is 173 Å². The molecule has 1 aromatic rings. The minimum absolute atomic E-state index is 0.0670. The molecular formula is C22H21N3O5. The van der Waals surface area contributed by atoms with Crippen LogP contribution in [0.15, 0.2) is 42.5 Å². The van der Waals surface area contributed by atoms with Crippen LogP contribution in [0.5, 0.6) is 0 Å². The molecule has 8 heteroatoms. The predicted molar refractivity (Wildman–Crippen MR) is 106 cm³/mol. The molecule has 30 heavy (non-hydrogen) atoms. The maximum Gasteiger partial charge on any atom is 0.262 e. The van der Waals surface area contributed by atoms with Crippen molar-refractivity contribution in [3.05, 3.63) is 59.2 Å². The number of fused-ring (bicyclic) bond motifs is 1. The van der Waals surface area contributed by atoms with Crippen molar-refractivity contribution in [1.82, 2.24) is 15.5 Å². The second-order valence-electron chi connectivity index (χ2n) is 7.58. The second-order valence-corrected chi connectivity index (χ2v) is 7.58. The molecule has 5 amide bonds. The van der Waals surface area contributed by atoms with E-state index in [1.54, 1.807) is 12.1 Å². The van der Waals surface area contributed by atoms with Gasteiger partial charge in [0.2, 0.25) is 17.7 Å². The van der Waals surface area contributed by atoms with E-state index >= 15 is 0 Å². The number of hydrogen-bond acceptors (Lipinski definition) is 5. The number of nitrogens with zero attached hydrogens (tertiary/aromatic N) is 1. The van der Waals surface area contributed by atoms with Crippen LogP contribution in [0, 0.1) is 5.92 Å². The molecule has 154 valence electrons. The number of hydrogen-bond donors (Lipinski definition) is 2. The fourth-order valence-electron chi connectivity index (χ4n) is 4.02. The fraction of sp³-hybridized carbons (Fsp3) is 0.318. The van der Waals surface area contributed by atoms with Crippen molar-refractivity contribution in [2.75, 3.05) is 0 Å². The van der Waals surface area contributed by atoms with Gasteiger partial charge in [-0.05, 0) is 30.4 Å². The molecule has 1 aliphatic carbocycles. The van der Waals surface area contributed by atoms with Gasteiger partial charge in [0.05, 0.1) is 11.1 Å². The highest BCUT2D eigenvalue weighted by atomic mass is 16.2. The van der Waals surface area contributed by atoms with Crippen molar-refractivity contribution in [2.24, 2.45) is 5.92 Å². The summed E-state index contributed by atoms with van der Waals surface area (Å²) in [5.41, 5.74) is 0.929. The van der Waals surface area contributed by atoms with Crippen LogP contribution in [-0.4, -0.2) is 40.5 Å². The number of carbonyl (C=O) groups is 5. The van der Waals surface area contributed by atoms with Gasteiger partial charge in [0, 0.05) is 19.4 Å². The maximum atomic E-state index is 13.0. The third-order valence-electron chi connectivity index (χ3n) is 5.55. The van der Waals surface area contributed by atoms with Crippen LogP contribution in [0.4, 0.5) is 0 Å². The van der Waals surface area contributed by atoms with Gasteiger partial charge in [0.1, 0.15) is 6.04 Å². The molecule has 0 aromatic heterocycles. The highest BCUT2D eigenvalue weighted by molar-refractivity contribution is 6.24. The van der Waals surface area contributed by atoms with E-state index in [4.69, 9.17) is 0 Å². The zero-order valence-electron chi connectivity index (χ0n) is 16.2. The zero-order chi connectivity index (χ0) is 21.3. The van der Waals surface area contributed by atoms with Crippen molar-refractivity contribution in [3.63, 3.8) is 0 Å². The van der Waals surface area contributed by atoms with Crippen molar-refractivity contribution in [1.29, 1.82) is 0 Å². The third kappa shape index (κ3) is 3.68. The molecule has 0 radical (unpaired) electrons. The fourth-order valence-corrected chi connectivity index (χ4v) is 4.02. The Bertz CT molecular complexity index is 1010. The predicted octanol–water partition coefficient (Wildman–Crippen LogP) is 1.23. The summed E-state index contributed by atoms with van der Waals surface area (Å²) in [4.78, 5) is 62.6. The van der Waals surface area contributed by atoms with E-state index in [1.807, 2.05) is 24.3 Å². The number of amides is 5. The van der Waals surface area contributed by atoms with Crippen LogP contribution < -0.4 is 10.6 Å². The van der Waals surface area contributed by atoms with Gasteiger partial charge in [-0.25, -0.2) is 0 Å². The van der Waals surface area contributed by atoms with E-state index in [0.29, 0.717) is 12.0 Å². The van der Waals surface area contributed by atoms with Gasteiger partial charge in [0.25, 0.3) is 11.8 Å². The molecule has 1 aromatic carbocycles. The lowest BCUT2D eigenvalue weighted by molar-refractivity contribution is -0.136. The van der Waals surface area contributed by atoms with Gasteiger partial charge in [0.15, 0.2) is 0 Å². The molecule has 1 fully saturated rings. The third-order valence-corrected chi connectivity index (χ3v) is 5.55. The average Bonchev–Trinajstić information content (AvgIpc) is 2.98. The summed E-state index contributed by atoms with van der Waals surface area (Å²) in [6.45, 7) is 0.108. The average molecular weight is 407 g/mol. The van der Waals surface area contributed by atoms with Crippen LogP contribution in [0.25, 0.3) is 0 Å². The summed E-state index contributed by atoms with van der Waals surface area (Å²) >= 11 is 0. The van der Waals surface area contributed by atoms with E-state index in [1.165, 1.54) is 6.07 Å². The Morgan fingerprint density at radius 2 is 1.97 bits per heavy atom. The smallest absolute Gasteiger partial charge is 0.262 e. The topological polar surface area (TPSA) is 113 Å². The largest absolute Gasteiger partial charge is 0.352 e. The minimum Gasteiger partial charge on any atom is -0.352 e. The van der Waals surface area contributed by atoms with Crippen LogP contribution in [-0.2, 0) is 20.9 Å². The normalized spacial score (nSPS) is 22.9. The van der Waals surface area contributed by atoms with E-state index in [9.17, 15) is 24.0 Å². The summed E-state index contributed by atoms with van der Waals surface area (Å²) in [5.74, 6) is -2.20.